The summed E-state index contributed by atoms with van der Waals surface area (Å²) in [7, 11) is 0. The monoisotopic (exact) mass is 588 g/mol. The summed E-state index contributed by atoms with van der Waals surface area (Å²) < 4.78 is 4.11. The maximum atomic E-state index is 13.3. The van der Waals surface area contributed by atoms with Crippen LogP contribution in [0.15, 0.2) is 65.4 Å². The van der Waals surface area contributed by atoms with Crippen molar-refractivity contribution in [3.8, 4) is 0 Å². The number of nitro groups is 1. The summed E-state index contributed by atoms with van der Waals surface area (Å²) in [4.78, 5) is 24.4. The summed E-state index contributed by atoms with van der Waals surface area (Å²) in [5, 5.41) is 25.9. The molecule has 2 atom stereocenters. The number of fused-ring (bicyclic) bond motifs is 1. The van der Waals surface area contributed by atoms with Crippen LogP contribution in [0.5, 0.6) is 0 Å². The largest absolute Gasteiger partial charge is 0.404 e. The van der Waals surface area contributed by atoms with Crippen LogP contribution in [0.4, 0.5) is 11.6 Å². The summed E-state index contributed by atoms with van der Waals surface area (Å²) in [6.45, 7) is 0.624. The van der Waals surface area contributed by atoms with E-state index in [0.29, 0.717) is 35.1 Å². The minimum absolute atomic E-state index is 0.0184. The summed E-state index contributed by atoms with van der Waals surface area (Å²) in [6, 6.07) is 16.4. The minimum atomic E-state index is -0.441. The molecule has 2 heterocycles. The second kappa shape index (κ2) is 9.01. The van der Waals surface area contributed by atoms with E-state index in [0.717, 1.165) is 32.1 Å². The zero-order chi connectivity index (χ0) is 26.8. The molecular formula is C29H29BrN6O3. The Morgan fingerprint density at radius 3 is 2.62 bits per heavy atom. The van der Waals surface area contributed by atoms with Crippen LogP contribution in [0.3, 0.4) is 0 Å². The fourth-order valence-electron chi connectivity index (χ4n) is 8.24. The average Bonchev–Trinajstić information content (AvgIpc) is 3.49. The van der Waals surface area contributed by atoms with Gasteiger partial charge in [0.05, 0.1) is 23.4 Å². The Morgan fingerprint density at radius 2 is 1.85 bits per heavy atom. The molecule has 9 nitrogen and oxygen atoms in total. The molecule has 0 saturated heterocycles. The van der Waals surface area contributed by atoms with Gasteiger partial charge in [-0.05, 0) is 93.0 Å². The normalized spacial score (nSPS) is 27.2. The molecule has 8 rings (SSSR count). The van der Waals surface area contributed by atoms with Gasteiger partial charge in [-0.25, -0.2) is 0 Å². The molecule has 4 saturated carbocycles. The first-order valence-electron chi connectivity index (χ1n) is 13.5. The van der Waals surface area contributed by atoms with Crippen molar-refractivity contribution in [2.24, 2.45) is 17.3 Å². The predicted molar refractivity (Wildman–Crippen MR) is 150 cm³/mol. The first-order valence-corrected chi connectivity index (χ1v) is 14.3. The van der Waals surface area contributed by atoms with Crippen molar-refractivity contribution >= 4 is 44.2 Å². The number of rotatable bonds is 7. The van der Waals surface area contributed by atoms with Gasteiger partial charge in [-0.2, -0.15) is 9.78 Å². The van der Waals surface area contributed by atoms with Crippen LogP contribution in [0.25, 0.3) is 10.8 Å². The van der Waals surface area contributed by atoms with Crippen molar-refractivity contribution in [2.45, 2.75) is 57.0 Å². The lowest BCUT2D eigenvalue weighted by Gasteiger charge is -2.61. The molecule has 0 radical (unpaired) electrons. The van der Waals surface area contributed by atoms with Gasteiger partial charge in [-0.1, -0.05) is 42.5 Å². The number of halogens is 1. The van der Waals surface area contributed by atoms with Crippen molar-refractivity contribution in [1.29, 1.82) is 0 Å². The lowest BCUT2D eigenvalue weighted by Crippen LogP contribution is -2.57. The van der Waals surface area contributed by atoms with Crippen LogP contribution >= 0.6 is 15.9 Å². The molecule has 4 bridgehead atoms. The Morgan fingerprint density at radius 1 is 1.08 bits per heavy atom. The van der Waals surface area contributed by atoms with Gasteiger partial charge in [0.1, 0.15) is 4.47 Å². The van der Waals surface area contributed by atoms with E-state index in [9.17, 15) is 14.9 Å². The zero-order valence-electron chi connectivity index (χ0n) is 21.4. The van der Waals surface area contributed by atoms with Crippen molar-refractivity contribution < 1.29 is 9.72 Å². The van der Waals surface area contributed by atoms with Gasteiger partial charge in [0, 0.05) is 18.7 Å². The highest BCUT2D eigenvalue weighted by molar-refractivity contribution is 9.10. The average molecular weight is 589 g/mol. The summed E-state index contributed by atoms with van der Waals surface area (Å²) in [6.07, 6.45) is 10.1. The number of amides is 1. The summed E-state index contributed by atoms with van der Waals surface area (Å²) >= 11 is 3.32. The standard InChI is InChI=1S/C29H29BrN6O3/c30-24-17-35(33-27(24)36(38)39)29-13-19-10-20(14-29)12-28(11-19,18-29)15-26(37)31-25-8-9-34(32-25)16-22-6-3-5-21-4-1-2-7-23(21)22/h1-9,17,19-20H,10-16,18H2,(H,31,32,37). The number of carbonyl (C=O) groups excluding carboxylic acids is 1. The predicted octanol–water partition coefficient (Wildman–Crippen LogP) is 6.28. The maximum absolute atomic E-state index is 13.3. The van der Waals surface area contributed by atoms with E-state index >= 15 is 0 Å². The van der Waals surface area contributed by atoms with Crippen molar-refractivity contribution in [1.82, 2.24) is 19.6 Å². The molecule has 200 valence electrons. The lowest BCUT2D eigenvalue weighted by atomic mass is 9.46. The SMILES string of the molecule is O=C(CC12CC3CC(C1)CC(n1cc(Br)c([N+](=O)[O-])n1)(C3)C2)Nc1ccn(Cc2cccc3ccccc23)n1. The minimum Gasteiger partial charge on any atom is -0.358 e. The van der Waals surface area contributed by atoms with E-state index in [4.69, 9.17) is 0 Å². The van der Waals surface area contributed by atoms with Crippen LogP contribution in [0.2, 0.25) is 0 Å². The highest BCUT2D eigenvalue weighted by Gasteiger charge is 2.60. The number of anilines is 1. The van der Waals surface area contributed by atoms with E-state index in [1.54, 1.807) is 6.20 Å². The third kappa shape index (κ3) is 4.34. The van der Waals surface area contributed by atoms with Gasteiger partial charge in [0.15, 0.2) is 5.82 Å². The van der Waals surface area contributed by atoms with E-state index in [1.807, 2.05) is 33.8 Å². The first kappa shape index (κ1) is 24.5. The van der Waals surface area contributed by atoms with Crippen LogP contribution < -0.4 is 5.32 Å². The topological polar surface area (TPSA) is 108 Å². The van der Waals surface area contributed by atoms with Gasteiger partial charge >= 0.3 is 5.82 Å². The van der Waals surface area contributed by atoms with Crippen molar-refractivity contribution in [3.63, 3.8) is 0 Å². The molecule has 10 heteroatoms. The Kier molecular flexibility index (Phi) is 5.66. The third-order valence-electron chi connectivity index (χ3n) is 9.12. The molecule has 4 aliphatic carbocycles. The highest BCUT2D eigenvalue weighted by Crippen LogP contribution is 2.65. The number of hydrogen-bond acceptors (Lipinski definition) is 5. The van der Waals surface area contributed by atoms with E-state index in [1.165, 1.54) is 22.8 Å². The molecule has 1 amide bonds. The number of aromatic nitrogens is 4. The van der Waals surface area contributed by atoms with Crippen LogP contribution in [-0.2, 0) is 16.9 Å². The molecule has 2 aromatic heterocycles. The van der Waals surface area contributed by atoms with Gasteiger partial charge in [-0.3, -0.25) is 9.48 Å². The second-order valence-corrected chi connectivity index (χ2v) is 12.8. The van der Waals surface area contributed by atoms with Crippen LogP contribution in [-0.4, -0.2) is 30.4 Å². The third-order valence-corrected chi connectivity index (χ3v) is 9.68. The second-order valence-electron chi connectivity index (χ2n) is 11.9. The van der Waals surface area contributed by atoms with Crippen LogP contribution in [0.1, 0.15) is 50.5 Å². The summed E-state index contributed by atoms with van der Waals surface area (Å²) in [5.74, 6) is 1.43. The number of hydrogen-bond donors (Lipinski definition) is 1. The number of carbonyl (C=O) groups is 1. The van der Waals surface area contributed by atoms with Gasteiger partial charge in [-0.15, -0.1) is 0 Å². The van der Waals surface area contributed by atoms with E-state index < -0.39 is 4.92 Å². The molecule has 4 aromatic rings. The Hall–Kier alpha value is -3.53. The molecule has 4 aliphatic rings. The number of nitrogens with zero attached hydrogens (tertiary/aromatic N) is 5. The molecule has 4 fully saturated rings. The highest BCUT2D eigenvalue weighted by atomic mass is 79.9. The Bertz CT molecular complexity index is 1590. The number of benzene rings is 2. The van der Waals surface area contributed by atoms with Crippen molar-refractivity contribution in [3.05, 3.63) is 81.1 Å². The molecule has 1 N–H and O–H groups in total. The molecule has 39 heavy (non-hydrogen) atoms. The first-order chi connectivity index (χ1) is 18.8. The van der Waals surface area contributed by atoms with Crippen LogP contribution in [0, 0.1) is 27.4 Å². The quantitative estimate of drug-likeness (QED) is 0.202. The lowest BCUT2D eigenvalue weighted by molar-refractivity contribution is -0.390. The smallest absolute Gasteiger partial charge is 0.358 e. The van der Waals surface area contributed by atoms with Gasteiger partial charge in [0.25, 0.3) is 0 Å². The van der Waals surface area contributed by atoms with E-state index in [-0.39, 0.29) is 22.7 Å². The number of nitrogens with one attached hydrogen (secondary N) is 1. The fraction of sp³-hybridized carbons (Fsp3) is 0.414. The van der Waals surface area contributed by atoms with Crippen molar-refractivity contribution in [2.75, 3.05) is 5.32 Å². The molecule has 2 aromatic carbocycles. The fourth-order valence-corrected chi connectivity index (χ4v) is 8.65. The molecular weight excluding hydrogens is 560 g/mol. The Balaban J connectivity index is 1.07. The molecule has 0 aliphatic heterocycles. The van der Waals surface area contributed by atoms with E-state index in [2.05, 4.69) is 61.8 Å². The molecule has 2 unspecified atom stereocenters. The van der Waals surface area contributed by atoms with Gasteiger partial charge < -0.3 is 15.4 Å². The van der Waals surface area contributed by atoms with Gasteiger partial charge in [0.2, 0.25) is 5.91 Å². The Labute approximate surface area is 233 Å². The summed E-state index contributed by atoms with van der Waals surface area (Å²) in [5.41, 5.74) is 0.798. The zero-order valence-corrected chi connectivity index (χ0v) is 23.0. The maximum Gasteiger partial charge on any atom is 0.404 e. The molecule has 0 spiro atoms.